The van der Waals surface area contributed by atoms with E-state index in [1.807, 2.05) is 13.2 Å². The van der Waals surface area contributed by atoms with Crippen molar-refractivity contribution in [1.29, 1.82) is 5.26 Å². The van der Waals surface area contributed by atoms with Gasteiger partial charge in [0.15, 0.2) is 0 Å². The second-order valence-corrected chi connectivity index (χ2v) is 6.16. The quantitative estimate of drug-likeness (QED) is 0.740. The molecule has 0 heterocycles. The largest absolute Gasteiger partial charge is 0.388 e. The minimum absolute atomic E-state index is 0.113. The van der Waals surface area contributed by atoms with Crippen LogP contribution < -0.4 is 5.32 Å². The molecule has 0 aromatic carbocycles. The highest BCUT2D eigenvalue weighted by Gasteiger charge is 2.26. The molecule has 0 aromatic heterocycles. The second-order valence-electron chi connectivity index (χ2n) is 5.29. The summed E-state index contributed by atoms with van der Waals surface area (Å²) >= 11 is 1.65. The van der Waals surface area contributed by atoms with Crippen LogP contribution in [-0.4, -0.2) is 35.3 Å². The molecule has 1 aliphatic rings. The fraction of sp³-hybridized carbons (Fsp3) is 0.923. The molecular weight excluding hydrogens is 232 g/mol. The van der Waals surface area contributed by atoms with Crippen LogP contribution in [0, 0.1) is 17.2 Å². The first kappa shape index (κ1) is 14.8. The lowest BCUT2D eigenvalue weighted by atomic mass is 9.95. The number of hydrogen-bond donors (Lipinski definition) is 2. The molecule has 17 heavy (non-hydrogen) atoms. The summed E-state index contributed by atoms with van der Waals surface area (Å²) in [5, 5.41) is 22.7. The standard InChI is InChI=1S/C13H24N2OS/c1-13(16,10-17-2)9-15-12-7-5-3-4-6-11(12)8-14/h11-12,15-16H,3-7,9-10H2,1-2H3. The molecule has 0 radical (unpaired) electrons. The molecule has 3 nitrogen and oxygen atoms in total. The maximum atomic E-state index is 10.1. The van der Waals surface area contributed by atoms with E-state index in [4.69, 9.17) is 5.26 Å². The fourth-order valence-corrected chi connectivity index (χ4v) is 3.14. The van der Waals surface area contributed by atoms with E-state index >= 15 is 0 Å². The lowest BCUT2D eigenvalue weighted by molar-refractivity contribution is 0.0792. The molecule has 1 saturated carbocycles. The van der Waals surface area contributed by atoms with Crippen molar-refractivity contribution in [2.45, 2.75) is 50.7 Å². The highest BCUT2D eigenvalue weighted by atomic mass is 32.2. The molecule has 1 fully saturated rings. The number of nitriles is 1. The predicted molar refractivity (Wildman–Crippen MR) is 73.0 cm³/mol. The third-order valence-electron chi connectivity index (χ3n) is 3.38. The van der Waals surface area contributed by atoms with E-state index in [0.29, 0.717) is 6.54 Å². The topological polar surface area (TPSA) is 56.0 Å². The smallest absolute Gasteiger partial charge is 0.0833 e. The van der Waals surface area contributed by atoms with Crippen molar-refractivity contribution in [2.75, 3.05) is 18.6 Å². The van der Waals surface area contributed by atoms with Gasteiger partial charge in [-0.2, -0.15) is 17.0 Å². The Morgan fingerprint density at radius 3 is 2.76 bits per heavy atom. The summed E-state index contributed by atoms with van der Waals surface area (Å²) < 4.78 is 0. The van der Waals surface area contributed by atoms with Crippen molar-refractivity contribution >= 4 is 11.8 Å². The number of nitrogens with zero attached hydrogens (tertiary/aromatic N) is 1. The molecule has 0 aromatic rings. The Kier molecular flexibility index (Phi) is 6.32. The molecule has 0 spiro atoms. The van der Waals surface area contributed by atoms with Crippen LogP contribution in [0.4, 0.5) is 0 Å². The summed E-state index contributed by atoms with van der Waals surface area (Å²) in [6, 6.07) is 2.67. The van der Waals surface area contributed by atoms with Gasteiger partial charge in [-0.3, -0.25) is 0 Å². The van der Waals surface area contributed by atoms with Crippen molar-refractivity contribution in [3.8, 4) is 6.07 Å². The van der Waals surface area contributed by atoms with Gasteiger partial charge in [-0.1, -0.05) is 19.3 Å². The number of rotatable bonds is 5. The van der Waals surface area contributed by atoms with Crippen LogP contribution in [0.25, 0.3) is 0 Å². The van der Waals surface area contributed by atoms with Gasteiger partial charge in [-0.05, 0) is 26.0 Å². The van der Waals surface area contributed by atoms with Crippen LogP contribution in [0.2, 0.25) is 0 Å². The molecule has 98 valence electrons. The molecular formula is C13H24N2OS. The summed E-state index contributed by atoms with van der Waals surface area (Å²) in [4.78, 5) is 0. The number of aliphatic hydroxyl groups is 1. The first-order valence-electron chi connectivity index (χ1n) is 6.43. The average molecular weight is 256 g/mol. The third-order valence-corrected chi connectivity index (χ3v) is 4.29. The molecule has 0 bridgehead atoms. The summed E-state index contributed by atoms with van der Waals surface area (Å²) in [7, 11) is 0. The Hall–Kier alpha value is -0.240. The van der Waals surface area contributed by atoms with Gasteiger partial charge >= 0.3 is 0 Å². The van der Waals surface area contributed by atoms with Gasteiger partial charge in [-0.15, -0.1) is 0 Å². The molecule has 2 N–H and O–H groups in total. The number of hydrogen-bond acceptors (Lipinski definition) is 4. The zero-order chi connectivity index (χ0) is 12.7. The molecule has 4 heteroatoms. The van der Waals surface area contributed by atoms with Crippen molar-refractivity contribution in [2.24, 2.45) is 5.92 Å². The number of nitrogens with one attached hydrogen (secondary N) is 1. The summed E-state index contributed by atoms with van der Waals surface area (Å²) in [5.41, 5.74) is -0.675. The van der Waals surface area contributed by atoms with Gasteiger partial charge in [0.05, 0.1) is 17.6 Å². The molecule has 3 atom stereocenters. The predicted octanol–water partition coefficient (Wildman–Crippen LogP) is 2.16. The maximum Gasteiger partial charge on any atom is 0.0833 e. The normalized spacial score (nSPS) is 29.1. The monoisotopic (exact) mass is 256 g/mol. The lowest BCUT2D eigenvalue weighted by Gasteiger charge is -2.28. The van der Waals surface area contributed by atoms with Crippen LogP contribution in [0.1, 0.15) is 39.0 Å². The van der Waals surface area contributed by atoms with E-state index in [9.17, 15) is 5.11 Å². The summed E-state index contributed by atoms with van der Waals surface area (Å²) in [6.07, 6.45) is 7.65. The zero-order valence-corrected chi connectivity index (χ0v) is 11.7. The van der Waals surface area contributed by atoms with Gasteiger partial charge in [-0.25, -0.2) is 0 Å². The van der Waals surface area contributed by atoms with E-state index < -0.39 is 5.60 Å². The van der Waals surface area contributed by atoms with Crippen molar-refractivity contribution < 1.29 is 5.11 Å². The van der Waals surface area contributed by atoms with Crippen LogP contribution in [0.15, 0.2) is 0 Å². The molecule has 1 aliphatic carbocycles. The molecule has 0 aliphatic heterocycles. The Labute approximate surface area is 109 Å². The molecule has 0 saturated heterocycles. The van der Waals surface area contributed by atoms with E-state index in [1.165, 1.54) is 12.8 Å². The van der Waals surface area contributed by atoms with Gasteiger partial charge in [0.2, 0.25) is 0 Å². The van der Waals surface area contributed by atoms with Crippen molar-refractivity contribution in [1.82, 2.24) is 5.32 Å². The first-order valence-corrected chi connectivity index (χ1v) is 7.83. The Morgan fingerprint density at radius 1 is 1.41 bits per heavy atom. The highest BCUT2D eigenvalue weighted by Crippen LogP contribution is 2.23. The lowest BCUT2D eigenvalue weighted by Crippen LogP contribution is -2.46. The highest BCUT2D eigenvalue weighted by molar-refractivity contribution is 7.98. The minimum atomic E-state index is -0.675. The molecule has 1 rings (SSSR count). The van der Waals surface area contributed by atoms with Crippen molar-refractivity contribution in [3.05, 3.63) is 0 Å². The SMILES string of the molecule is CSCC(C)(O)CNC1CCCCCC1C#N. The zero-order valence-electron chi connectivity index (χ0n) is 10.9. The van der Waals surface area contributed by atoms with Gasteiger partial charge in [0.1, 0.15) is 0 Å². The first-order chi connectivity index (χ1) is 8.09. The Bertz CT molecular complexity index is 263. The van der Waals surface area contributed by atoms with Crippen LogP contribution in [0.5, 0.6) is 0 Å². The summed E-state index contributed by atoms with van der Waals surface area (Å²) in [5.74, 6) is 0.840. The van der Waals surface area contributed by atoms with Gasteiger partial charge in [0.25, 0.3) is 0 Å². The summed E-state index contributed by atoms with van der Waals surface area (Å²) in [6.45, 7) is 2.44. The van der Waals surface area contributed by atoms with Gasteiger partial charge < -0.3 is 10.4 Å². The van der Waals surface area contributed by atoms with Crippen LogP contribution in [-0.2, 0) is 0 Å². The van der Waals surface area contributed by atoms with Gasteiger partial charge in [0, 0.05) is 18.3 Å². The third kappa shape index (κ3) is 5.29. The average Bonchev–Trinajstić information content (AvgIpc) is 2.51. The van der Waals surface area contributed by atoms with E-state index in [-0.39, 0.29) is 12.0 Å². The van der Waals surface area contributed by atoms with E-state index in [0.717, 1.165) is 25.0 Å². The van der Waals surface area contributed by atoms with Crippen molar-refractivity contribution in [3.63, 3.8) is 0 Å². The van der Waals surface area contributed by atoms with E-state index in [2.05, 4.69) is 11.4 Å². The van der Waals surface area contributed by atoms with Crippen LogP contribution >= 0.6 is 11.8 Å². The second kappa shape index (κ2) is 7.25. The maximum absolute atomic E-state index is 10.1. The Balaban J connectivity index is 2.45. The Morgan fingerprint density at radius 2 is 2.12 bits per heavy atom. The fourth-order valence-electron chi connectivity index (χ4n) is 2.42. The van der Waals surface area contributed by atoms with Crippen LogP contribution in [0.3, 0.4) is 0 Å². The number of thioether (sulfide) groups is 1. The van der Waals surface area contributed by atoms with E-state index in [1.54, 1.807) is 11.8 Å². The molecule has 3 unspecified atom stereocenters. The molecule has 0 amide bonds. The minimum Gasteiger partial charge on any atom is -0.388 e.